The maximum Gasteiger partial charge on any atom is 0.226 e. The van der Waals surface area contributed by atoms with Crippen LogP contribution in [-0.4, -0.2) is 15.0 Å². The molecule has 0 aliphatic heterocycles. The topological polar surface area (TPSA) is 38.7 Å². The van der Waals surface area contributed by atoms with Crippen molar-refractivity contribution in [1.29, 1.82) is 0 Å². The van der Waals surface area contributed by atoms with Crippen molar-refractivity contribution in [2.75, 3.05) is 0 Å². The second-order valence-electron chi connectivity index (χ2n) is 6.00. The van der Waals surface area contributed by atoms with Crippen molar-refractivity contribution >= 4 is 11.6 Å². The zero-order chi connectivity index (χ0) is 16.6. The van der Waals surface area contributed by atoms with E-state index >= 15 is 0 Å². The molecule has 2 aromatic carbocycles. The first-order chi connectivity index (χ1) is 10.9. The quantitative estimate of drug-likeness (QED) is 0.659. The molecule has 0 aliphatic carbocycles. The second-order valence-corrected chi connectivity index (χ2v) is 6.34. The summed E-state index contributed by atoms with van der Waals surface area (Å²) >= 11 is 6.15. The molecule has 23 heavy (non-hydrogen) atoms. The molecule has 4 heteroatoms. The molecule has 0 saturated carbocycles. The first-order valence-corrected chi connectivity index (χ1v) is 7.87. The lowest BCUT2D eigenvalue weighted by Crippen LogP contribution is -1.98. The minimum absolute atomic E-state index is 0.211. The molecule has 0 atom stereocenters. The number of rotatable bonds is 2. The number of halogens is 1. The highest BCUT2D eigenvalue weighted by Gasteiger charge is 2.10. The van der Waals surface area contributed by atoms with E-state index in [1.165, 1.54) is 22.3 Å². The highest BCUT2D eigenvalue weighted by atomic mass is 35.5. The Morgan fingerprint density at radius 1 is 0.565 bits per heavy atom. The van der Waals surface area contributed by atoms with Crippen LogP contribution in [0.4, 0.5) is 0 Å². The summed E-state index contributed by atoms with van der Waals surface area (Å²) < 4.78 is 0. The second kappa shape index (κ2) is 6.09. The third-order valence-corrected chi connectivity index (χ3v) is 3.74. The Morgan fingerprint density at radius 2 is 0.913 bits per heavy atom. The first-order valence-electron chi connectivity index (χ1n) is 7.49. The molecule has 3 nitrogen and oxygen atoms in total. The molecule has 3 aromatic rings. The maximum absolute atomic E-state index is 6.15. The lowest BCUT2D eigenvalue weighted by atomic mass is 10.1. The molecule has 0 fully saturated rings. The molecule has 1 heterocycles. The summed E-state index contributed by atoms with van der Waals surface area (Å²) in [6, 6.07) is 12.5. The predicted molar refractivity (Wildman–Crippen MR) is 94.7 cm³/mol. The molecule has 1 aromatic heterocycles. The molecule has 0 aliphatic rings. The summed E-state index contributed by atoms with van der Waals surface area (Å²) in [6.45, 7) is 8.24. The predicted octanol–water partition coefficient (Wildman–Crippen LogP) is 5.09. The van der Waals surface area contributed by atoms with Crippen LogP contribution < -0.4 is 0 Å². The van der Waals surface area contributed by atoms with E-state index < -0.39 is 0 Å². The number of hydrogen-bond donors (Lipinski definition) is 0. The summed E-state index contributed by atoms with van der Waals surface area (Å²) in [5, 5.41) is 0.211. The van der Waals surface area contributed by atoms with Crippen molar-refractivity contribution in [3.05, 3.63) is 63.9 Å². The van der Waals surface area contributed by atoms with Gasteiger partial charge in [-0.05, 0) is 63.6 Å². The first kappa shape index (κ1) is 15.6. The molecule has 0 N–H and O–H groups in total. The van der Waals surface area contributed by atoms with Crippen LogP contribution in [0.25, 0.3) is 22.8 Å². The van der Waals surface area contributed by atoms with E-state index in [0.717, 1.165) is 11.1 Å². The number of benzene rings is 2. The van der Waals surface area contributed by atoms with Gasteiger partial charge < -0.3 is 0 Å². The van der Waals surface area contributed by atoms with Gasteiger partial charge >= 0.3 is 0 Å². The fourth-order valence-corrected chi connectivity index (χ4v) is 2.98. The monoisotopic (exact) mass is 323 g/mol. The molecule has 0 saturated heterocycles. The van der Waals surface area contributed by atoms with E-state index in [-0.39, 0.29) is 5.28 Å². The number of nitrogens with zero attached hydrogens (tertiary/aromatic N) is 3. The van der Waals surface area contributed by atoms with Crippen LogP contribution in [0.3, 0.4) is 0 Å². The zero-order valence-electron chi connectivity index (χ0n) is 13.7. The number of aromatic nitrogens is 3. The van der Waals surface area contributed by atoms with Crippen molar-refractivity contribution in [3.63, 3.8) is 0 Å². The van der Waals surface area contributed by atoms with Crippen LogP contribution in [0.1, 0.15) is 22.3 Å². The van der Waals surface area contributed by atoms with E-state index in [0.29, 0.717) is 11.6 Å². The van der Waals surface area contributed by atoms with Gasteiger partial charge in [-0.25, -0.2) is 4.98 Å². The van der Waals surface area contributed by atoms with Gasteiger partial charge in [-0.15, -0.1) is 0 Å². The van der Waals surface area contributed by atoms with Crippen LogP contribution in [0.5, 0.6) is 0 Å². The maximum atomic E-state index is 6.15. The Balaban J connectivity index is 2.16. The Bertz CT molecular complexity index is 778. The van der Waals surface area contributed by atoms with Gasteiger partial charge in [0, 0.05) is 11.1 Å². The van der Waals surface area contributed by atoms with Crippen molar-refractivity contribution in [2.45, 2.75) is 27.7 Å². The lowest BCUT2D eigenvalue weighted by molar-refractivity contribution is 1.06. The van der Waals surface area contributed by atoms with Gasteiger partial charge in [-0.2, -0.15) is 9.97 Å². The van der Waals surface area contributed by atoms with E-state index in [2.05, 4.69) is 79.0 Å². The van der Waals surface area contributed by atoms with Crippen LogP contribution >= 0.6 is 11.6 Å². The summed E-state index contributed by atoms with van der Waals surface area (Å²) in [5.74, 6) is 1.21. The van der Waals surface area contributed by atoms with Gasteiger partial charge in [0.15, 0.2) is 11.6 Å². The average Bonchev–Trinajstić information content (AvgIpc) is 2.44. The van der Waals surface area contributed by atoms with E-state index in [9.17, 15) is 0 Å². The van der Waals surface area contributed by atoms with E-state index in [4.69, 9.17) is 11.6 Å². The minimum atomic E-state index is 0.211. The third kappa shape index (κ3) is 3.57. The highest BCUT2D eigenvalue weighted by molar-refractivity contribution is 6.28. The molecule has 116 valence electrons. The average molecular weight is 324 g/mol. The standard InChI is InChI=1S/C19H18ClN3/c1-11-5-12(2)8-15(7-11)17-21-18(23-19(20)22-17)16-9-13(3)6-14(4)10-16/h5-10H,1-4H3. The minimum Gasteiger partial charge on any atom is -0.208 e. The fraction of sp³-hybridized carbons (Fsp3) is 0.211. The number of hydrogen-bond acceptors (Lipinski definition) is 3. The molecular weight excluding hydrogens is 306 g/mol. The van der Waals surface area contributed by atoms with Gasteiger partial charge in [0.2, 0.25) is 5.28 Å². The SMILES string of the molecule is Cc1cc(C)cc(-c2nc(Cl)nc(-c3cc(C)cc(C)c3)n2)c1. The van der Waals surface area contributed by atoms with Crippen LogP contribution in [-0.2, 0) is 0 Å². The van der Waals surface area contributed by atoms with Crippen molar-refractivity contribution < 1.29 is 0 Å². The Kier molecular flexibility index (Phi) is 4.14. The van der Waals surface area contributed by atoms with Gasteiger partial charge in [0.25, 0.3) is 0 Å². The van der Waals surface area contributed by atoms with Gasteiger partial charge in [0.1, 0.15) is 0 Å². The molecule has 0 bridgehead atoms. The Morgan fingerprint density at radius 3 is 1.26 bits per heavy atom. The smallest absolute Gasteiger partial charge is 0.208 e. The molecule has 3 rings (SSSR count). The van der Waals surface area contributed by atoms with Gasteiger partial charge in [-0.1, -0.05) is 34.4 Å². The third-order valence-electron chi connectivity index (χ3n) is 3.57. The summed E-state index contributed by atoms with van der Waals surface area (Å²) in [7, 11) is 0. The zero-order valence-corrected chi connectivity index (χ0v) is 14.4. The largest absolute Gasteiger partial charge is 0.226 e. The number of aryl methyl sites for hydroxylation is 4. The van der Waals surface area contributed by atoms with Gasteiger partial charge in [0.05, 0.1) is 0 Å². The molecular formula is C19H18ClN3. The van der Waals surface area contributed by atoms with Crippen LogP contribution in [0.2, 0.25) is 5.28 Å². The van der Waals surface area contributed by atoms with Crippen molar-refractivity contribution in [3.8, 4) is 22.8 Å². The van der Waals surface area contributed by atoms with Crippen molar-refractivity contribution in [2.24, 2.45) is 0 Å². The Hall–Kier alpha value is -2.26. The summed E-state index contributed by atoms with van der Waals surface area (Å²) in [6.07, 6.45) is 0. The molecule has 0 unspecified atom stereocenters. The normalized spacial score (nSPS) is 10.8. The molecule has 0 spiro atoms. The van der Waals surface area contributed by atoms with Gasteiger partial charge in [-0.3, -0.25) is 0 Å². The van der Waals surface area contributed by atoms with Crippen LogP contribution in [0, 0.1) is 27.7 Å². The van der Waals surface area contributed by atoms with Crippen LogP contribution in [0.15, 0.2) is 36.4 Å². The van der Waals surface area contributed by atoms with E-state index in [1.807, 2.05) is 0 Å². The summed E-state index contributed by atoms with van der Waals surface area (Å²) in [4.78, 5) is 13.2. The molecule has 0 amide bonds. The summed E-state index contributed by atoms with van der Waals surface area (Å²) in [5.41, 5.74) is 6.60. The fourth-order valence-electron chi connectivity index (χ4n) is 2.82. The van der Waals surface area contributed by atoms with E-state index in [1.54, 1.807) is 0 Å². The van der Waals surface area contributed by atoms with Crippen molar-refractivity contribution in [1.82, 2.24) is 15.0 Å². The lowest BCUT2D eigenvalue weighted by Gasteiger charge is -2.08. The Labute approximate surface area is 141 Å². The molecule has 0 radical (unpaired) electrons. The highest BCUT2D eigenvalue weighted by Crippen LogP contribution is 2.24.